The summed E-state index contributed by atoms with van der Waals surface area (Å²) < 4.78 is 0. The molecule has 1 aromatic rings. The number of hydrogen-bond donors (Lipinski definition) is 2. The SMILES string of the molecule is NC(Cc1c[nH]cn1)C(=O)N1CCCC1[C]=O. The van der Waals surface area contributed by atoms with Gasteiger partial charge in [-0.1, -0.05) is 0 Å². The molecule has 1 aromatic heterocycles. The van der Waals surface area contributed by atoms with Crippen molar-refractivity contribution in [1.29, 1.82) is 0 Å². The third-order valence-electron chi connectivity index (χ3n) is 2.97. The van der Waals surface area contributed by atoms with Crippen LogP contribution in [-0.2, 0) is 16.0 Å². The topological polar surface area (TPSA) is 92.1 Å². The predicted octanol–water partition coefficient (Wildman–Crippen LogP) is -0.620. The normalized spacial score (nSPS) is 21.5. The highest BCUT2D eigenvalue weighted by molar-refractivity contribution is 5.85. The first-order valence-corrected chi connectivity index (χ1v) is 5.63. The van der Waals surface area contributed by atoms with E-state index in [4.69, 9.17) is 5.73 Å². The lowest BCUT2D eigenvalue weighted by atomic mass is 10.1. The summed E-state index contributed by atoms with van der Waals surface area (Å²) in [5.74, 6) is -0.196. The number of nitrogens with one attached hydrogen (secondary N) is 1. The molecule has 0 saturated carbocycles. The summed E-state index contributed by atoms with van der Waals surface area (Å²) in [6, 6.07) is -1.07. The van der Waals surface area contributed by atoms with Crippen LogP contribution >= 0.6 is 0 Å². The maximum absolute atomic E-state index is 12.0. The third kappa shape index (κ3) is 2.52. The fourth-order valence-corrected chi connectivity index (χ4v) is 2.08. The molecule has 17 heavy (non-hydrogen) atoms. The van der Waals surface area contributed by atoms with E-state index in [2.05, 4.69) is 9.97 Å². The lowest BCUT2D eigenvalue weighted by molar-refractivity contribution is -0.132. The Labute approximate surface area is 99.2 Å². The van der Waals surface area contributed by atoms with Crippen LogP contribution in [0.15, 0.2) is 12.5 Å². The van der Waals surface area contributed by atoms with E-state index >= 15 is 0 Å². The first-order valence-electron chi connectivity index (χ1n) is 5.63. The maximum atomic E-state index is 12.0. The molecule has 1 amide bonds. The largest absolute Gasteiger partial charge is 0.351 e. The summed E-state index contributed by atoms with van der Waals surface area (Å²) in [5, 5.41) is 0. The van der Waals surface area contributed by atoms with Crippen molar-refractivity contribution in [3.05, 3.63) is 18.2 Å². The number of aromatic nitrogens is 2. The van der Waals surface area contributed by atoms with Gasteiger partial charge in [-0.2, -0.15) is 0 Å². The molecule has 6 heteroatoms. The van der Waals surface area contributed by atoms with Crippen LogP contribution in [0.4, 0.5) is 0 Å². The highest BCUT2D eigenvalue weighted by atomic mass is 16.2. The van der Waals surface area contributed by atoms with E-state index in [1.54, 1.807) is 12.5 Å². The van der Waals surface area contributed by atoms with Crippen molar-refractivity contribution in [1.82, 2.24) is 14.9 Å². The molecule has 3 N–H and O–H groups in total. The molecule has 1 fully saturated rings. The van der Waals surface area contributed by atoms with Gasteiger partial charge in [0.05, 0.1) is 24.1 Å². The number of carbonyl (C=O) groups is 1. The summed E-state index contributed by atoms with van der Waals surface area (Å²) in [5.41, 5.74) is 6.58. The molecular weight excluding hydrogens is 220 g/mol. The van der Waals surface area contributed by atoms with E-state index in [-0.39, 0.29) is 5.91 Å². The molecule has 1 saturated heterocycles. The van der Waals surface area contributed by atoms with Gasteiger partial charge in [0.25, 0.3) is 0 Å². The Hall–Kier alpha value is -1.69. The van der Waals surface area contributed by atoms with Crippen molar-refractivity contribution >= 4 is 12.2 Å². The summed E-state index contributed by atoms with van der Waals surface area (Å²) in [6.07, 6.45) is 7.04. The standard InChI is InChI=1S/C11H15N4O2/c12-10(4-8-5-13-7-14-8)11(17)15-3-1-2-9(15)6-16/h5,7,9-10H,1-4,12H2,(H,13,14). The van der Waals surface area contributed by atoms with E-state index in [1.165, 1.54) is 4.90 Å². The number of nitrogens with zero attached hydrogens (tertiary/aromatic N) is 2. The molecule has 2 atom stereocenters. The summed E-state index contributed by atoms with van der Waals surface area (Å²) in [4.78, 5) is 31.1. The van der Waals surface area contributed by atoms with Gasteiger partial charge >= 0.3 is 0 Å². The first-order chi connectivity index (χ1) is 8.22. The van der Waals surface area contributed by atoms with Crippen LogP contribution in [-0.4, -0.2) is 45.7 Å². The molecule has 2 heterocycles. The zero-order valence-corrected chi connectivity index (χ0v) is 9.43. The van der Waals surface area contributed by atoms with Crippen molar-refractivity contribution in [2.24, 2.45) is 5.73 Å². The van der Waals surface area contributed by atoms with E-state index in [0.29, 0.717) is 19.4 Å². The number of carbonyl (C=O) groups excluding carboxylic acids is 2. The van der Waals surface area contributed by atoms with Crippen LogP contribution in [0, 0.1) is 0 Å². The molecule has 1 aliphatic heterocycles. The number of H-pyrrole nitrogens is 1. The van der Waals surface area contributed by atoms with Gasteiger partial charge in [-0.3, -0.25) is 9.59 Å². The molecule has 2 unspecified atom stereocenters. The monoisotopic (exact) mass is 235 g/mol. The van der Waals surface area contributed by atoms with Crippen LogP contribution in [0.3, 0.4) is 0 Å². The number of amides is 1. The first kappa shape index (κ1) is 11.8. The average Bonchev–Trinajstić information content (AvgIpc) is 2.97. The second-order valence-electron chi connectivity index (χ2n) is 4.18. The number of likely N-dealkylation sites (tertiary alicyclic amines) is 1. The molecule has 1 aliphatic rings. The number of aromatic amines is 1. The molecule has 91 valence electrons. The van der Waals surface area contributed by atoms with Crippen LogP contribution in [0.5, 0.6) is 0 Å². The minimum atomic E-state index is -0.646. The van der Waals surface area contributed by atoms with Crippen molar-refractivity contribution < 1.29 is 9.59 Å². The van der Waals surface area contributed by atoms with Gasteiger partial charge in [0.15, 0.2) is 0 Å². The lowest BCUT2D eigenvalue weighted by Gasteiger charge is -2.23. The van der Waals surface area contributed by atoms with Crippen molar-refractivity contribution in [2.45, 2.75) is 31.3 Å². The van der Waals surface area contributed by atoms with E-state index in [9.17, 15) is 9.59 Å². The smallest absolute Gasteiger partial charge is 0.240 e. The Bertz CT molecular complexity index is 390. The second kappa shape index (κ2) is 5.09. The van der Waals surface area contributed by atoms with Gasteiger partial charge in [-0.15, -0.1) is 0 Å². The van der Waals surface area contributed by atoms with E-state index in [0.717, 1.165) is 12.1 Å². The summed E-state index contributed by atoms with van der Waals surface area (Å²) >= 11 is 0. The molecular formula is C11H15N4O2. The molecule has 0 aromatic carbocycles. The predicted molar refractivity (Wildman–Crippen MR) is 60.7 cm³/mol. The Morgan fingerprint density at radius 3 is 3.24 bits per heavy atom. The number of imidazole rings is 1. The number of hydrogen-bond acceptors (Lipinski definition) is 4. The number of rotatable bonds is 4. The average molecular weight is 235 g/mol. The molecule has 1 radical (unpaired) electrons. The Balaban J connectivity index is 1.97. The van der Waals surface area contributed by atoms with Crippen LogP contribution < -0.4 is 5.73 Å². The lowest BCUT2D eigenvalue weighted by Crippen LogP contribution is -2.47. The van der Waals surface area contributed by atoms with Crippen LogP contribution in [0.2, 0.25) is 0 Å². The molecule has 2 rings (SSSR count). The highest BCUT2D eigenvalue weighted by Gasteiger charge is 2.32. The summed E-state index contributed by atoms with van der Waals surface area (Å²) in [6.45, 7) is 0.590. The van der Waals surface area contributed by atoms with Crippen molar-refractivity contribution in [2.75, 3.05) is 6.54 Å². The number of nitrogens with two attached hydrogens (primary N) is 1. The Morgan fingerprint density at radius 1 is 1.76 bits per heavy atom. The van der Waals surface area contributed by atoms with Gasteiger partial charge in [0.1, 0.15) is 0 Å². The van der Waals surface area contributed by atoms with Gasteiger partial charge < -0.3 is 15.6 Å². The summed E-state index contributed by atoms with van der Waals surface area (Å²) in [7, 11) is 0. The third-order valence-corrected chi connectivity index (χ3v) is 2.97. The Kier molecular flexibility index (Phi) is 3.53. The van der Waals surface area contributed by atoms with Gasteiger partial charge in [0, 0.05) is 19.2 Å². The highest BCUT2D eigenvalue weighted by Crippen LogP contribution is 2.16. The van der Waals surface area contributed by atoms with Crippen molar-refractivity contribution in [3.8, 4) is 0 Å². The van der Waals surface area contributed by atoms with E-state index < -0.39 is 12.1 Å². The Morgan fingerprint density at radius 2 is 2.59 bits per heavy atom. The maximum Gasteiger partial charge on any atom is 0.240 e. The minimum absolute atomic E-state index is 0.196. The zero-order chi connectivity index (χ0) is 12.3. The quantitative estimate of drug-likeness (QED) is 0.727. The molecule has 0 bridgehead atoms. The molecule has 0 aliphatic carbocycles. The minimum Gasteiger partial charge on any atom is -0.351 e. The molecule has 6 nitrogen and oxygen atoms in total. The van der Waals surface area contributed by atoms with Crippen molar-refractivity contribution in [3.63, 3.8) is 0 Å². The van der Waals surface area contributed by atoms with Gasteiger partial charge in [0.2, 0.25) is 12.2 Å². The second-order valence-corrected chi connectivity index (χ2v) is 4.18. The van der Waals surface area contributed by atoms with Gasteiger partial charge in [-0.05, 0) is 12.8 Å². The van der Waals surface area contributed by atoms with Crippen LogP contribution in [0.25, 0.3) is 0 Å². The molecule has 0 spiro atoms. The van der Waals surface area contributed by atoms with E-state index in [1.807, 2.05) is 6.29 Å². The van der Waals surface area contributed by atoms with Crippen LogP contribution in [0.1, 0.15) is 18.5 Å². The zero-order valence-electron chi connectivity index (χ0n) is 9.43. The van der Waals surface area contributed by atoms with Gasteiger partial charge in [-0.25, -0.2) is 4.98 Å². The fraction of sp³-hybridized carbons (Fsp3) is 0.545. The fourth-order valence-electron chi connectivity index (χ4n) is 2.08.